The molecule has 2 rings (SSSR count). The van der Waals surface area contributed by atoms with Gasteiger partial charge in [-0.25, -0.2) is 0 Å². The molecule has 1 aliphatic rings. The number of aryl methyl sites for hydroxylation is 1. The Morgan fingerprint density at radius 3 is 2.38 bits per heavy atom. The zero-order valence-electron chi connectivity index (χ0n) is 8.94. The van der Waals surface area contributed by atoms with Crippen molar-refractivity contribution in [3.8, 4) is 0 Å². The monoisotopic (exact) mass is 304 g/mol. The highest BCUT2D eigenvalue weighted by molar-refractivity contribution is 9.10. The minimum absolute atomic E-state index is 0.106. The Labute approximate surface area is 104 Å². The summed E-state index contributed by atoms with van der Waals surface area (Å²) in [5, 5.41) is 0. The maximum absolute atomic E-state index is 11.8. The molecule has 1 aromatic rings. The van der Waals surface area contributed by atoms with Crippen LogP contribution in [-0.4, -0.2) is 19.3 Å². The number of alkyl halides is 1. The average molecular weight is 305 g/mol. The summed E-state index contributed by atoms with van der Waals surface area (Å²) in [5.74, 6) is 0. The van der Waals surface area contributed by atoms with E-state index in [1.165, 1.54) is 0 Å². The molecule has 88 valence electrons. The highest BCUT2D eigenvalue weighted by Gasteiger charge is 2.41. The van der Waals surface area contributed by atoms with Gasteiger partial charge >= 0.3 is 0 Å². The summed E-state index contributed by atoms with van der Waals surface area (Å²) in [6.45, 7) is 2.12. The Balaban J connectivity index is 2.09. The second-order valence-corrected chi connectivity index (χ2v) is 7.48. The Morgan fingerprint density at radius 2 is 1.88 bits per heavy atom. The van der Waals surface area contributed by atoms with Crippen molar-refractivity contribution >= 4 is 26.0 Å². The zero-order valence-corrected chi connectivity index (χ0v) is 11.3. The van der Waals surface area contributed by atoms with Gasteiger partial charge in [0.2, 0.25) is 0 Å². The van der Waals surface area contributed by atoms with E-state index in [0.717, 1.165) is 18.4 Å². The summed E-state index contributed by atoms with van der Waals surface area (Å²) >= 11 is 3.44. The van der Waals surface area contributed by atoms with Gasteiger partial charge in [0, 0.05) is 0 Å². The summed E-state index contributed by atoms with van der Waals surface area (Å²) in [4.78, 5) is 0.217. The second-order valence-electron chi connectivity index (χ2n) is 4.18. The first-order valence-corrected chi connectivity index (χ1v) is 7.27. The predicted molar refractivity (Wildman–Crippen MR) is 65.2 cm³/mol. The van der Waals surface area contributed by atoms with Crippen LogP contribution in [0.1, 0.15) is 18.4 Å². The molecule has 0 amide bonds. The molecular weight excluding hydrogens is 292 g/mol. The van der Waals surface area contributed by atoms with Gasteiger partial charge in [0.1, 0.15) is 0 Å². The van der Waals surface area contributed by atoms with Crippen molar-refractivity contribution in [3.63, 3.8) is 0 Å². The van der Waals surface area contributed by atoms with Crippen molar-refractivity contribution in [3.05, 3.63) is 29.8 Å². The Bertz CT molecular complexity index is 474. The molecular formula is C11H13BrO3S. The standard InChI is InChI=1S/C11H13BrO3S/c1-9-2-4-10(5-3-9)16(13,14)15-8-11(12)6-7-11/h2-5H,6-8H2,1H3. The maximum Gasteiger partial charge on any atom is 0.297 e. The lowest BCUT2D eigenvalue weighted by Gasteiger charge is -2.08. The lowest BCUT2D eigenvalue weighted by molar-refractivity contribution is 0.314. The minimum Gasteiger partial charge on any atom is -0.265 e. The second kappa shape index (κ2) is 4.13. The van der Waals surface area contributed by atoms with Crippen molar-refractivity contribution in [2.75, 3.05) is 6.61 Å². The quantitative estimate of drug-likeness (QED) is 0.634. The van der Waals surface area contributed by atoms with Gasteiger partial charge < -0.3 is 0 Å². The molecule has 0 spiro atoms. The smallest absolute Gasteiger partial charge is 0.265 e. The maximum atomic E-state index is 11.8. The summed E-state index contributed by atoms with van der Waals surface area (Å²) in [7, 11) is -3.60. The molecule has 1 fully saturated rings. The molecule has 0 bridgehead atoms. The van der Waals surface area contributed by atoms with E-state index in [-0.39, 0.29) is 15.8 Å². The lowest BCUT2D eigenvalue weighted by Crippen LogP contribution is -2.15. The lowest BCUT2D eigenvalue weighted by atomic mass is 10.2. The third kappa shape index (κ3) is 2.84. The first kappa shape index (κ1) is 12.1. The topological polar surface area (TPSA) is 43.4 Å². The van der Waals surface area contributed by atoms with Crippen LogP contribution in [0.15, 0.2) is 29.2 Å². The highest BCUT2D eigenvalue weighted by atomic mass is 79.9. The van der Waals surface area contributed by atoms with Crippen LogP contribution in [0.25, 0.3) is 0 Å². The Kier molecular flexibility index (Phi) is 3.11. The van der Waals surface area contributed by atoms with Crippen LogP contribution in [0.5, 0.6) is 0 Å². The SMILES string of the molecule is Cc1ccc(S(=O)(=O)OCC2(Br)CC2)cc1. The summed E-state index contributed by atoms with van der Waals surface area (Å²) < 4.78 is 28.5. The molecule has 0 saturated heterocycles. The fourth-order valence-corrected chi connectivity index (χ4v) is 2.69. The first-order valence-electron chi connectivity index (χ1n) is 5.06. The van der Waals surface area contributed by atoms with Crippen LogP contribution in [0.2, 0.25) is 0 Å². The van der Waals surface area contributed by atoms with Crippen LogP contribution in [0.4, 0.5) is 0 Å². The van der Waals surface area contributed by atoms with Crippen LogP contribution < -0.4 is 0 Å². The third-order valence-electron chi connectivity index (χ3n) is 2.57. The van der Waals surface area contributed by atoms with Gasteiger partial charge in [-0.2, -0.15) is 8.42 Å². The van der Waals surface area contributed by atoms with Gasteiger partial charge in [-0.15, -0.1) is 0 Å². The molecule has 1 aromatic carbocycles. The molecule has 5 heteroatoms. The molecule has 1 aliphatic carbocycles. The van der Waals surface area contributed by atoms with E-state index in [9.17, 15) is 8.42 Å². The van der Waals surface area contributed by atoms with Crippen LogP contribution >= 0.6 is 15.9 Å². The van der Waals surface area contributed by atoms with E-state index < -0.39 is 10.1 Å². The molecule has 0 radical (unpaired) electrons. The van der Waals surface area contributed by atoms with E-state index >= 15 is 0 Å². The van der Waals surface area contributed by atoms with Gasteiger partial charge in [0.05, 0.1) is 15.8 Å². The van der Waals surface area contributed by atoms with Crippen molar-refractivity contribution < 1.29 is 12.6 Å². The van der Waals surface area contributed by atoms with Crippen molar-refractivity contribution in [1.29, 1.82) is 0 Å². The molecule has 3 nitrogen and oxygen atoms in total. The van der Waals surface area contributed by atoms with Gasteiger partial charge in [-0.05, 0) is 31.9 Å². The van der Waals surface area contributed by atoms with Crippen molar-refractivity contribution in [1.82, 2.24) is 0 Å². The van der Waals surface area contributed by atoms with Crippen molar-refractivity contribution in [2.45, 2.75) is 29.0 Å². The van der Waals surface area contributed by atoms with Crippen LogP contribution in [0.3, 0.4) is 0 Å². The summed E-state index contributed by atoms with van der Waals surface area (Å²) in [5.41, 5.74) is 1.03. The fourth-order valence-electron chi connectivity index (χ4n) is 1.24. The Hall–Kier alpha value is -0.390. The molecule has 0 atom stereocenters. The molecule has 0 heterocycles. The van der Waals surface area contributed by atoms with E-state index in [4.69, 9.17) is 4.18 Å². The van der Waals surface area contributed by atoms with Gasteiger partial charge in [0.15, 0.2) is 0 Å². The minimum atomic E-state index is -3.60. The zero-order chi connectivity index (χ0) is 11.8. The fraction of sp³-hybridized carbons (Fsp3) is 0.455. The van der Waals surface area contributed by atoms with Crippen molar-refractivity contribution in [2.24, 2.45) is 0 Å². The molecule has 0 aliphatic heterocycles. The third-order valence-corrected chi connectivity index (χ3v) is 4.87. The van der Waals surface area contributed by atoms with E-state index in [1.54, 1.807) is 24.3 Å². The molecule has 16 heavy (non-hydrogen) atoms. The summed E-state index contributed by atoms with van der Waals surface area (Å²) in [6.07, 6.45) is 1.94. The highest BCUT2D eigenvalue weighted by Crippen LogP contribution is 2.44. The molecule has 0 unspecified atom stereocenters. The Morgan fingerprint density at radius 1 is 1.31 bits per heavy atom. The largest absolute Gasteiger partial charge is 0.297 e. The number of benzene rings is 1. The van der Waals surface area contributed by atoms with Crippen LogP contribution in [-0.2, 0) is 14.3 Å². The van der Waals surface area contributed by atoms with Crippen LogP contribution in [0, 0.1) is 6.92 Å². The van der Waals surface area contributed by atoms with E-state index in [2.05, 4.69) is 15.9 Å². The molecule has 0 N–H and O–H groups in total. The first-order chi connectivity index (χ1) is 7.41. The molecule has 0 aromatic heterocycles. The van der Waals surface area contributed by atoms with E-state index in [0.29, 0.717) is 0 Å². The number of halogens is 1. The van der Waals surface area contributed by atoms with Gasteiger partial charge in [-0.3, -0.25) is 4.18 Å². The van der Waals surface area contributed by atoms with Gasteiger partial charge in [0.25, 0.3) is 10.1 Å². The molecule has 1 saturated carbocycles. The normalized spacial score (nSPS) is 18.4. The van der Waals surface area contributed by atoms with Gasteiger partial charge in [-0.1, -0.05) is 33.6 Å². The summed E-state index contributed by atoms with van der Waals surface area (Å²) in [6, 6.07) is 6.66. The number of hydrogen-bond donors (Lipinski definition) is 0. The van der Waals surface area contributed by atoms with E-state index in [1.807, 2.05) is 6.92 Å². The predicted octanol–water partition coefficient (Wildman–Crippen LogP) is 2.63. The number of hydrogen-bond acceptors (Lipinski definition) is 3. The average Bonchev–Trinajstić information content (AvgIpc) is 2.96. The number of rotatable bonds is 4.